The molecule has 1 aliphatic rings. The Morgan fingerprint density at radius 1 is 1.00 bits per heavy atom. The van der Waals surface area contributed by atoms with Gasteiger partial charge in [0.15, 0.2) is 0 Å². The first-order valence-corrected chi connectivity index (χ1v) is 10.3. The summed E-state index contributed by atoms with van der Waals surface area (Å²) in [4.78, 5) is 2.37. The zero-order valence-corrected chi connectivity index (χ0v) is 17.4. The highest BCUT2D eigenvalue weighted by molar-refractivity contribution is 5.67. The van der Waals surface area contributed by atoms with Gasteiger partial charge in [0.2, 0.25) is 0 Å². The maximum absolute atomic E-state index is 13.5. The molecule has 2 aromatic carbocycles. The summed E-state index contributed by atoms with van der Waals surface area (Å²) in [6.07, 6.45) is 0. The van der Waals surface area contributed by atoms with E-state index in [9.17, 15) is 4.39 Å². The second kappa shape index (κ2) is 8.47. The Kier molecular flexibility index (Phi) is 5.79. The highest BCUT2D eigenvalue weighted by Crippen LogP contribution is 2.30. The third-order valence-electron chi connectivity index (χ3n) is 5.62. The number of halogens is 1. The van der Waals surface area contributed by atoms with Crippen LogP contribution in [0.5, 0.6) is 0 Å². The SMILES string of the molecule is Cc1c(CN2CCOCC2)nn(-c2ccc(C(C)C)cc2)c1-c1ccc(F)cc1. The Bertz CT molecular complexity index is 955. The number of morpholine rings is 1. The topological polar surface area (TPSA) is 30.3 Å². The van der Waals surface area contributed by atoms with Crippen LogP contribution in [0.1, 0.15) is 36.6 Å². The van der Waals surface area contributed by atoms with Crippen molar-refractivity contribution in [2.75, 3.05) is 26.3 Å². The first-order valence-electron chi connectivity index (χ1n) is 10.3. The van der Waals surface area contributed by atoms with E-state index in [1.54, 1.807) is 0 Å². The van der Waals surface area contributed by atoms with Crippen molar-refractivity contribution in [1.29, 1.82) is 0 Å². The Morgan fingerprint density at radius 3 is 2.28 bits per heavy atom. The fraction of sp³-hybridized carbons (Fsp3) is 0.375. The van der Waals surface area contributed by atoms with Gasteiger partial charge in [-0.1, -0.05) is 26.0 Å². The lowest BCUT2D eigenvalue weighted by Crippen LogP contribution is -2.35. The molecule has 0 N–H and O–H groups in total. The van der Waals surface area contributed by atoms with E-state index in [1.165, 1.54) is 17.7 Å². The molecule has 1 fully saturated rings. The van der Waals surface area contributed by atoms with Gasteiger partial charge in [-0.25, -0.2) is 9.07 Å². The van der Waals surface area contributed by atoms with Crippen molar-refractivity contribution in [2.24, 2.45) is 0 Å². The number of hydrogen-bond acceptors (Lipinski definition) is 3. The molecule has 29 heavy (non-hydrogen) atoms. The van der Waals surface area contributed by atoms with Gasteiger partial charge in [0.1, 0.15) is 5.82 Å². The molecule has 4 rings (SSSR count). The van der Waals surface area contributed by atoms with Crippen molar-refractivity contribution in [3.63, 3.8) is 0 Å². The Labute approximate surface area is 171 Å². The molecule has 0 radical (unpaired) electrons. The van der Waals surface area contributed by atoms with Gasteiger partial charge in [-0.15, -0.1) is 0 Å². The molecule has 0 amide bonds. The molecule has 0 aliphatic carbocycles. The van der Waals surface area contributed by atoms with Crippen molar-refractivity contribution in [3.05, 3.63) is 71.2 Å². The molecule has 1 saturated heterocycles. The minimum absolute atomic E-state index is 0.229. The highest BCUT2D eigenvalue weighted by atomic mass is 19.1. The standard InChI is InChI=1S/C24H28FN3O/c1-17(2)19-6-10-22(11-7-19)28-24(20-4-8-21(25)9-5-20)18(3)23(26-28)16-27-12-14-29-15-13-27/h4-11,17H,12-16H2,1-3H3. The predicted molar refractivity (Wildman–Crippen MR) is 114 cm³/mol. The molecule has 0 unspecified atom stereocenters. The number of benzene rings is 2. The van der Waals surface area contributed by atoms with Gasteiger partial charge in [0.05, 0.1) is 30.3 Å². The fourth-order valence-electron chi connectivity index (χ4n) is 3.80. The van der Waals surface area contributed by atoms with Crippen LogP contribution in [0.15, 0.2) is 48.5 Å². The second-order valence-electron chi connectivity index (χ2n) is 7.97. The smallest absolute Gasteiger partial charge is 0.123 e. The molecule has 0 bridgehead atoms. The van der Waals surface area contributed by atoms with Crippen LogP contribution in [-0.4, -0.2) is 41.0 Å². The minimum atomic E-state index is -0.229. The lowest BCUT2D eigenvalue weighted by Gasteiger charge is -2.25. The van der Waals surface area contributed by atoms with E-state index < -0.39 is 0 Å². The first-order chi connectivity index (χ1) is 14.0. The van der Waals surface area contributed by atoms with Crippen molar-refractivity contribution >= 4 is 0 Å². The molecule has 2 heterocycles. The van der Waals surface area contributed by atoms with Crippen LogP contribution < -0.4 is 0 Å². The number of nitrogens with zero attached hydrogens (tertiary/aromatic N) is 3. The number of rotatable bonds is 5. The summed E-state index contributed by atoms with van der Waals surface area (Å²) in [5, 5.41) is 4.99. The van der Waals surface area contributed by atoms with Crippen LogP contribution in [0.2, 0.25) is 0 Å². The molecule has 0 atom stereocenters. The van der Waals surface area contributed by atoms with Gasteiger partial charge in [0, 0.05) is 25.2 Å². The van der Waals surface area contributed by atoms with Gasteiger partial charge in [-0.05, 0) is 60.4 Å². The minimum Gasteiger partial charge on any atom is -0.379 e. The second-order valence-corrected chi connectivity index (χ2v) is 7.97. The van der Waals surface area contributed by atoms with Gasteiger partial charge in [-0.3, -0.25) is 4.90 Å². The zero-order chi connectivity index (χ0) is 20.4. The van der Waals surface area contributed by atoms with Crippen LogP contribution in [0.25, 0.3) is 16.9 Å². The molecule has 3 aromatic rings. The Balaban J connectivity index is 1.77. The predicted octanol–water partition coefficient (Wildman–Crippen LogP) is 4.94. The van der Waals surface area contributed by atoms with Crippen LogP contribution in [-0.2, 0) is 11.3 Å². The van der Waals surface area contributed by atoms with E-state index in [-0.39, 0.29) is 5.82 Å². The first kappa shape index (κ1) is 19.8. The lowest BCUT2D eigenvalue weighted by molar-refractivity contribution is 0.0335. The molecular weight excluding hydrogens is 365 g/mol. The number of hydrogen-bond donors (Lipinski definition) is 0. The van der Waals surface area contributed by atoms with E-state index in [2.05, 4.69) is 49.9 Å². The Hall–Kier alpha value is -2.50. The van der Waals surface area contributed by atoms with E-state index in [0.29, 0.717) is 5.92 Å². The van der Waals surface area contributed by atoms with Gasteiger partial charge in [-0.2, -0.15) is 5.10 Å². The summed E-state index contributed by atoms with van der Waals surface area (Å²) in [5.74, 6) is 0.254. The molecule has 1 aliphatic heterocycles. The van der Waals surface area contributed by atoms with E-state index in [4.69, 9.17) is 9.84 Å². The van der Waals surface area contributed by atoms with Crippen LogP contribution in [0.4, 0.5) is 4.39 Å². The third kappa shape index (κ3) is 4.26. The monoisotopic (exact) mass is 393 g/mol. The average Bonchev–Trinajstić information content (AvgIpc) is 3.05. The summed E-state index contributed by atoms with van der Waals surface area (Å²) in [6.45, 7) is 10.7. The maximum Gasteiger partial charge on any atom is 0.123 e. The highest BCUT2D eigenvalue weighted by Gasteiger charge is 2.20. The lowest BCUT2D eigenvalue weighted by atomic mass is 10.0. The van der Waals surface area contributed by atoms with E-state index >= 15 is 0 Å². The van der Waals surface area contributed by atoms with Crippen molar-refractivity contribution in [3.8, 4) is 16.9 Å². The van der Waals surface area contributed by atoms with E-state index in [0.717, 1.165) is 61.1 Å². The van der Waals surface area contributed by atoms with Crippen LogP contribution in [0.3, 0.4) is 0 Å². The summed E-state index contributed by atoms with van der Waals surface area (Å²) < 4.78 is 21.0. The van der Waals surface area contributed by atoms with Crippen LogP contribution >= 0.6 is 0 Å². The zero-order valence-electron chi connectivity index (χ0n) is 17.4. The van der Waals surface area contributed by atoms with Gasteiger partial charge < -0.3 is 4.74 Å². The molecule has 5 heteroatoms. The molecular formula is C24H28FN3O. The number of aromatic nitrogens is 2. The van der Waals surface area contributed by atoms with Crippen molar-refractivity contribution in [2.45, 2.75) is 33.2 Å². The molecule has 0 saturated carbocycles. The van der Waals surface area contributed by atoms with Crippen molar-refractivity contribution in [1.82, 2.24) is 14.7 Å². The third-order valence-corrected chi connectivity index (χ3v) is 5.62. The molecule has 152 valence electrons. The Morgan fingerprint density at radius 2 is 1.66 bits per heavy atom. The summed E-state index contributed by atoms with van der Waals surface area (Å²) >= 11 is 0. The summed E-state index contributed by atoms with van der Waals surface area (Å²) in [5.41, 5.74) is 6.50. The van der Waals surface area contributed by atoms with Gasteiger partial charge in [0.25, 0.3) is 0 Å². The van der Waals surface area contributed by atoms with Gasteiger partial charge >= 0.3 is 0 Å². The molecule has 0 spiro atoms. The van der Waals surface area contributed by atoms with Crippen LogP contribution in [0, 0.1) is 12.7 Å². The van der Waals surface area contributed by atoms with Crippen molar-refractivity contribution < 1.29 is 9.13 Å². The molecule has 1 aromatic heterocycles. The average molecular weight is 394 g/mol. The largest absolute Gasteiger partial charge is 0.379 e. The normalized spacial score (nSPS) is 15.2. The summed E-state index contributed by atoms with van der Waals surface area (Å²) in [6, 6.07) is 15.2. The van der Waals surface area contributed by atoms with E-state index in [1.807, 2.05) is 16.8 Å². The maximum atomic E-state index is 13.5. The quantitative estimate of drug-likeness (QED) is 0.615. The molecule has 4 nitrogen and oxygen atoms in total. The summed E-state index contributed by atoms with van der Waals surface area (Å²) in [7, 11) is 0. The fourth-order valence-corrected chi connectivity index (χ4v) is 3.80. The number of ether oxygens (including phenoxy) is 1.